The Morgan fingerprint density at radius 3 is 3.12 bits per heavy atom. The fourth-order valence-corrected chi connectivity index (χ4v) is 4.14. The molecular weight excluding hydrogens is 270 g/mol. The summed E-state index contributed by atoms with van der Waals surface area (Å²) in [7, 11) is 0. The van der Waals surface area contributed by atoms with E-state index in [0.29, 0.717) is 4.77 Å². The third-order valence-electron chi connectivity index (χ3n) is 2.57. The summed E-state index contributed by atoms with van der Waals surface area (Å²) in [6.07, 6.45) is 1.06. The lowest BCUT2D eigenvalue weighted by Crippen LogP contribution is -1.98. The van der Waals surface area contributed by atoms with E-state index in [0.717, 1.165) is 18.8 Å². The minimum Gasteiger partial charge on any atom is -0.300 e. The first-order chi connectivity index (χ1) is 8.29. The number of aromatic amines is 1. The monoisotopic (exact) mass is 281 g/mol. The molecule has 0 aliphatic rings. The molecule has 6 heteroatoms. The zero-order valence-electron chi connectivity index (χ0n) is 9.27. The van der Waals surface area contributed by atoms with Crippen LogP contribution in [0.25, 0.3) is 20.1 Å². The second-order valence-corrected chi connectivity index (χ2v) is 6.18. The summed E-state index contributed by atoms with van der Waals surface area (Å²) in [5.74, 6) is 0.963. The van der Waals surface area contributed by atoms with Gasteiger partial charge in [0.05, 0.1) is 4.88 Å². The van der Waals surface area contributed by atoms with Crippen molar-refractivity contribution in [1.82, 2.24) is 14.8 Å². The maximum atomic E-state index is 5.25. The summed E-state index contributed by atoms with van der Waals surface area (Å²) in [6, 6.07) is 4.35. The molecule has 0 bridgehead atoms. The average molecular weight is 281 g/mol. The number of fused-ring (bicyclic) bond motifs is 1. The number of hydrogen-bond donors (Lipinski definition) is 1. The van der Waals surface area contributed by atoms with E-state index in [1.165, 1.54) is 14.3 Å². The van der Waals surface area contributed by atoms with Crippen molar-refractivity contribution in [2.75, 3.05) is 0 Å². The van der Waals surface area contributed by atoms with Gasteiger partial charge in [0.1, 0.15) is 0 Å². The van der Waals surface area contributed by atoms with Crippen LogP contribution < -0.4 is 0 Å². The predicted octanol–water partition coefficient (Wildman–Crippen LogP) is 4.29. The molecule has 0 atom stereocenters. The molecule has 0 aromatic carbocycles. The largest absolute Gasteiger partial charge is 0.300 e. The van der Waals surface area contributed by atoms with Crippen molar-refractivity contribution in [2.24, 2.45) is 0 Å². The van der Waals surface area contributed by atoms with Gasteiger partial charge in [0, 0.05) is 15.9 Å². The van der Waals surface area contributed by atoms with Gasteiger partial charge >= 0.3 is 0 Å². The molecule has 0 fully saturated rings. The summed E-state index contributed by atoms with van der Waals surface area (Å²) in [4.78, 5) is 1.19. The smallest absolute Gasteiger partial charge is 0.195 e. The lowest BCUT2D eigenvalue weighted by atomic mass is 10.4. The maximum absolute atomic E-state index is 5.25. The molecule has 0 radical (unpaired) electrons. The van der Waals surface area contributed by atoms with Crippen molar-refractivity contribution in [3.8, 4) is 10.7 Å². The second kappa shape index (κ2) is 4.36. The molecule has 1 N–H and O–H groups in total. The first kappa shape index (κ1) is 11.1. The average Bonchev–Trinajstić information content (AvgIpc) is 2.94. The summed E-state index contributed by atoms with van der Waals surface area (Å²) in [5.41, 5.74) is 0. The van der Waals surface area contributed by atoms with E-state index in [4.69, 9.17) is 12.2 Å². The van der Waals surface area contributed by atoms with Crippen LogP contribution in [0.15, 0.2) is 17.5 Å². The zero-order valence-corrected chi connectivity index (χ0v) is 11.7. The fourth-order valence-electron chi connectivity index (χ4n) is 1.81. The molecule has 3 rings (SSSR count). The topological polar surface area (TPSA) is 33.6 Å². The van der Waals surface area contributed by atoms with Crippen LogP contribution in [0.5, 0.6) is 0 Å². The number of rotatable bonds is 3. The van der Waals surface area contributed by atoms with Gasteiger partial charge in [-0.3, -0.25) is 9.67 Å². The number of H-pyrrole nitrogens is 1. The van der Waals surface area contributed by atoms with Crippen LogP contribution >= 0.6 is 34.9 Å². The van der Waals surface area contributed by atoms with Gasteiger partial charge in [0.2, 0.25) is 0 Å². The van der Waals surface area contributed by atoms with Gasteiger partial charge < -0.3 is 0 Å². The van der Waals surface area contributed by atoms with Crippen LogP contribution in [0.2, 0.25) is 0 Å². The van der Waals surface area contributed by atoms with E-state index in [1.807, 2.05) is 0 Å². The Labute approximate surface area is 112 Å². The number of nitrogens with one attached hydrogen (secondary N) is 1. The highest BCUT2D eigenvalue weighted by molar-refractivity contribution is 7.71. The first-order valence-electron chi connectivity index (χ1n) is 5.42. The highest BCUT2D eigenvalue weighted by Crippen LogP contribution is 2.35. The highest BCUT2D eigenvalue weighted by atomic mass is 32.1. The molecule has 3 nitrogen and oxygen atoms in total. The summed E-state index contributed by atoms with van der Waals surface area (Å²) >= 11 is 8.79. The standard InChI is InChI=1S/C11H11N3S3/c1-2-4-14-10(12-13-11(14)15)9-6-8-7(17-9)3-5-16-8/h3,5-6H,2,4H2,1H3,(H,13,15). The Bertz CT molecular complexity index is 672. The number of nitrogens with zero attached hydrogens (tertiary/aromatic N) is 2. The first-order valence-corrected chi connectivity index (χ1v) is 7.52. The van der Waals surface area contributed by atoms with Crippen molar-refractivity contribution in [3.05, 3.63) is 22.3 Å². The Morgan fingerprint density at radius 1 is 1.47 bits per heavy atom. The van der Waals surface area contributed by atoms with Gasteiger partial charge in [-0.2, -0.15) is 5.10 Å². The van der Waals surface area contributed by atoms with Crippen molar-refractivity contribution in [1.29, 1.82) is 0 Å². The van der Waals surface area contributed by atoms with Gasteiger partial charge in [-0.1, -0.05) is 6.92 Å². The van der Waals surface area contributed by atoms with Gasteiger partial charge in [0.25, 0.3) is 0 Å². The Balaban J connectivity index is 2.15. The Hall–Kier alpha value is -0.980. The number of hydrogen-bond acceptors (Lipinski definition) is 4. The van der Waals surface area contributed by atoms with E-state index >= 15 is 0 Å². The van der Waals surface area contributed by atoms with Crippen LogP contribution in [-0.2, 0) is 6.54 Å². The lowest BCUT2D eigenvalue weighted by molar-refractivity contribution is 0.675. The number of aromatic nitrogens is 3. The van der Waals surface area contributed by atoms with Gasteiger partial charge in [0.15, 0.2) is 10.6 Å². The van der Waals surface area contributed by atoms with Gasteiger partial charge in [-0.25, -0.2) is 0 Å². The van der Waals surface area contributed by atoms with Crippen LogP contribution in [-0.4, -0.2) is 14.8 Å². The van der Waals surface area contributed by atoms with Crippen molar-refractivity contribution in [2.45, 2.75) is 19.9 Å². The summed E-state index contributed by atoms with van der Waals surface area (Å²) < 4.78 is 5.42. The molecule has 0 saturated carbocycles. The van der Waals surface area contributed by atoms with Crippen molar-refractivity contribution < 1.29 is 0 Å². The van der Waals surface area contributed by atoms with Crippen LogP contribution in [0, 0.1) is 4.77 Å². The number of thiophene rings is 2. The van der Waals surface area contributed by atoms with Crippen molar-refractivity contribution >= 4 is 44.3 Å². The molecule has 0 amide bonds. The highest BCUT2D eigenvalue weighted by Gasteiger charge is 2.12. The molecule has 3 aromatic rings. The normalized spacial score (nSPS) is 11.4. The molecule has 0 aliphatic carbocycles. The lowest BCUT2D eigenvalue weighted by Gasteiger charge is -2.01. The molecule has 0 unspecified atom stereocenters. The molecule has 0 spiro atoms. The Morgan fingerprint density at radius 2 is 2.35 bits per heavy atom. The van der Waals surface area contributed by atoms with E-state index < -0.39 is 0 Å². The second-order valence-electron chi connectivity index (χ2n) is 3.76. The summed E-state index contributed by atoms with van der Waals surface area (Å²) in [5, 5.41) is 9.34. The molecule has 3 aromatic heterocycles. The quantitative estimate of drug-likeness (QED) is 0.726. The molecule has 88 valence electrons. The summed E-state index contributed by atoms with van der Waals surface area (Å²) in [6.45, 7) is 3.06. The third-order valence-corrected chi connectivity index (χ3v) is 4.97. The molecule has 3 heterocycles. The minimum atomic E-state index is 0.707. The minimum absolute atomic E-state index is 0.707. The molecular formula is C11H11N3S3. The van der Waals surface area contributed by atoms with Crippen LogP contribution in [0.3, 0.4) is 0 Å². The fraction of sp³-hybridized carbons (Fsp3) is 0.273. The van der Waals surface area contributed by atoms with Crippen LogP contribution in [0.4, 0.5) is 0 Å². The van der Waals surface area contributed by atoms with E-state index in [9.17, 15) is 0 Å². The van der Waals surface area contributed by atoms with Gasteiger partial charge in [-0.05, 0) is 36.2 Å². The van der Waals surface area contributed by atoms with E-state index in [-0.39, 0.29) is 0 Å². The Kier molecular flexibility index (Phi) is 2.85. The predicted molar refractivity (Wildman–Crippen MR) is 76.4 cm³/mol. The molecule has 17 heavy (non-hydrogen) atoms. The SMILES string of the molecule is CCCn1c(-c2cc3sccc3s2)n[nH]c1=S. The van der Waals surface area contributed by atoms with Crippen molar-refractivity contribution in [3.63, 3.8) is 0 Å². The molecule has 0 aliphatic heterocycles. The maximum Gasteiger partial charge on any atom is 0.195 e. The third kappa shape index (κ3) is 1.86. The van der Waals surface area contributed by atoms with E-state index in [2.05, 4.69) is 39.2 Å². The van der Waals surface area contributed by atoms with Gasteiger partial charge in [-0.15, -0.1) is 22.7 Å². The van der Waals surface area contributed by atoms with E-state index in [1.54, 1.807) is 22.7 Å². The molecule has 0 saturated heterocycles. The zero-order chi connectivity index (χ0) is 11.8. The van der Waals surface area contributed by atoms with Crippen LogP contribution in [0.1, 0.15) is 13.3 Å².